The number of benzene rings is 2. The van der Waals surface area contributed by atoms with E-state index in [0.717, 1.165) is 5.56 Å². The first kappa shape index (κ1) is 26.4. The van der Waals surface area contributed by atoms with E-state index in [4.69, 9.17) is 4.74 Å². The van der Waals surface area contributed by atoms with Crippen LogP contribution in [0, 0.1) is 11.8 Å². The van der Waals surface area contributed by atoms with Gasteiger partial charge in [0.1, 0.15) is 11.6 Å². The standard InChI is InChI=1S/C30H37N3O5/c1-5-29-16-17-30(38-29)23(22(29)25(35)31-20-14-10-7-11-15-20)27(37)33(24(30)26(36)32-28(2,3)4)21(18-34)19-12-8-6-9-13-19/h6-15,21-24,34H,5,16-18H2,1-4H3,(H,31,35)(H,32,36)/t21-,22+,23+,24?,29-,30?/m1/s1. The SMILES string of the molecule is CC[C@]12CCC3(O1)C(C(=O)NC(C)(C)C)N([C@H](CO)c1ccccc1)C(=O)[C@@H]3[C@H]2C(=O)Nc1ccccc1. The number of anilines is 1. The van der Waals surface area contributed by atoms with Crippen molar-refractivity contribution in [3.05, 3.63) is 66.2 Å². The largest absolute Gasteiger partial charge is 0.394 e. The topological polar surface area (TPSA) is 108 Å². The number of nitrogens with one attached hydrogen (secondary N) is 2. The number of ether oxygens (including phenoxy) is 1. The quantitative estimate of drug-likeness (QED) is 0.520. The fraction of sp³-hybridized carbons (Fsp3) is 0.500. The van der Waals surface area contributed by atoms with E-state index in [1.54, 1.807) is 12.1 Å². The Morgan fingerprint density at radius 2 is 1.68 bits per heavy atom. The van der Waals surface area contributed by atoms with Gasteiger partial charge in [-0.3, -0.25) is 14.4 Å². The van der Waals surface area contributed by atoms with Crippen LogP contribution in [0.5, 0.6) is 0 Å². The first-order valence-corrected chi connectivity index (χ1v) is 13.4. The molecule has 3 aliphatic rings. The van der Waals surface area contributed by atoms with Crippen LogP contribution in [0.3, 0.4) is 0 Å². The molecule has 0 radical (unpaired) electrons. The van der Waals surface area contributed by atoms with Crippen molar-refractivity contribution in [1.82, 2.24) is 10.2 Å². The number of hydrogen-bond donors (Lipinski definition) is 3. The van der Waals surface area contributed by atoms with Gasteiger partial charge in [0.05, 0.1) is 30.1 Å². The van der Waals surface area contributed by atoms with Crippen LogP contribution in [0.4, 0.5) is 5.69 Å². The van der Waals surface area contributed by atoms with E-state index >= 15 is 0 Å². The Balaban J connectivity index is 1.61. The molecule has 2 unspecified atom stereocenters. The number of para-hydroxylation sites is 1. The summed E-state index contributed by atoms with van der Waals surface area (Å²) in [6.45, 7) is 7.27. The molecule has 2 aromatic rings. The summed E-state index contributed by atoms with van der Waals surface area (Å²) in [6.07, 6.45) is 1.60. The lowest BCUT2D eigenvalue weighted by molar-refractivity contribution is -0.151. The first-order valence-electron chi connectivity index (χ1n) is 13.4. The summed E-state index contributed by atoms with van der Waals surface area (Å²) in [5.74, 6) is -2.55. The summed E-state index contributed by atoms with van der Waals surface area (Å²) in [6, 6.07) is 16.6. The molecule has 1 spiro atoms. The summed E-state index contributed by atoms with van der Waals surface area (Å²) >= 11 is 0. The molecule has 3 N–H and O–H groups in total. The Morgan fingerprint density at radius 3 is 2.26 bits per heavy atom. The fourth-order valence-electron chi connectivity index (χ4n) is 6.90. The zero-order chi connectivity index (χ0) is 27.3. The molecule has 202 valence electrons. The van der Waals surface area contributed by atoms with Crippen molar-refractivity contribution in [2.75, 3.05) is 11.9 Å². The van der Waals surface area contributed by atoms with Gasteiger partial charge in [-0.1, -0.05) is 55.5 Å². The molecule has 3 fully saturated rings. The van der Waals surface area contributed by atoms with E-state index in [9.17, 15) is 19.5 Å². The van der Waals surface area contributed by atoms with Gasteiger partial charge >= 0.3 is 0 Å². The molecule has 0 saturated carbocycles. The van der Waals surface area contributed by atoms with Crippen LogP contribution in [0.25, 0.3) is 0 Å². The van der Waals surface area contributed by atoms with E-state index in [0.29, 0.717) is 24.9 Å². The highest BCUT2D eigenvalue weighted by Crippen LogP contribution is 2.65. The lowest BCUT2D eigenvalue weighted by Gasteiger charge is -2.38. The number of carbonyl (C=O) groups excluding carboxylic acids is 3. The third kappa shape index (κ3) is 4.10. The van der Waals surface area contributed by atoms with Gasteiger partial charge in [-0.25, -0.2) is 0 Å². The number of nitrogens with zero attached hydrogens (tertiary/aromatic N) is 1. The van der Waals surface area contributed by atoms with Crippen LogP contribution in [-0.4, -0.2) is 57.1 Å². The molecule has 5 rings (SSSR count). The number of aliphatic hydroxyl groups excluding tert-OH is 1. The highest BCUT2D eigenvalue weighted by molar-refractivity contribution is 6.02. The van der Waals surface area contributed by atoms with Crippen LogP contribution < -0.4 is 10.6 Å². The monoisotopic (exact) mass is 519 g/mol. The van der Waals surface area contributed by atoms with E-state index in [-0.39, 0.29) is 24.3 Å². The van der Waals surface area contributed by atoms with E-state index in [1.807, 2.05) is 76.2 Å². The van der Waals surface area contributed by atoms with Crippen LogP contribution in [0.2, 0.25) is 0 Å². The maximum Gasteiger partial charge on any atom is 0.246 e. The van der Waals surface area contributed by atoms with Crippen LogP contribution in [0.15, 0.2) is 60.7 Å². The van der Waals surface area contributed by atoms with Gasteiger partial charge in [0.25, 0.3) is 0 Å². The van der Waals surface area contributed by atoms with Gasteiger partial charge in [-0.05, 0) is 57.7 Å². The maximum absolute atomic E-state index is 14.4. The Kier molecular flexibility index (Phi) is 6.60. The first-order chi connectivity index (χ1) is 18.1. The summed E-state index contributed by atoms with van der Waals surface area (Å²) in [5.41, 5.74) is -1.19. The van der Waals surface area contributed by atoms with Crippen molar-refractivity contribution in [3.63, 3.8) is 0 Å². The molecule has 8 nitrogen and oxygen atoms in total. The normalized spacial score (nSPS) is 30.7. The predicted molar refractivity (Wildman–Crippen MR) is 143 cm³/mol. The average molecular weight is 520 g/mol. The zero-order valence-electron chi connectivity index (χ0n) is 22.4. The summed E-state index contributed by atoms with van der Waals surface area (Å²) in [7, 11) is 0. The van der Waals surface area contributed by atoms with Crippen LogP contribution in [-0.2, 0) is 19.1 Å². The minimum atomic E-state index is -1.16. The lowest BCUT2D eigenvalue weighted by Crippen LogP contribution is -2.59. The molecule has 3 saturated heterocycles. The van der Waals surface area contributed by atoms with Crippen molar-refractivity contribution in [2.45, 2.75) is 75.8 Å². The molecular formula is C30H37N3O5. The molecule has 2 aromatic carbocycles. The lowest BCUT2D eigenvalue weighted by atomic mass is 9.65. The zero-order valence-corrected chi connectivity index (χ0v) is 22.4. The third-order valence-electron chi connectivity index (χ3n) is 8.38. The van der Waals surface area contributed by atoms with Crippen molar-refractivity contribution in [3.8, 4) is 0 Å². The second kappa shape index (κ2) is 9.50. The van der Waals surface area contributed by atoms with Crippen molar-refractivity contribution >= 4 is 23.4 Å². The number of aliphatic hydroxyl groups is 1. The number of likely N-dealkylation sites (tertiary alicyclic amines) is 1. The summed E-state index contributed by atoms with van der Waals surface area (Å²) in [5, 5.41) is 16.6. The van der Waals surface area contributed by atoms with Crippen LogP contribution >= 0.6 is 0 Å². The molecule has 8 heteroatoms. The van der Waals surface area contributed by atoms with E-state index in [1.165, 1.54) is 4.90 Å². The van der Waals surface area contributed by atoms with E-state index < -0.39 is 40.7 Å². The Morgan fingerprint density at radius 1 is 1.05 bits per heavy atom. The fourth-order valence-corrected chi connectivity index (χ4v) is 6.90. The summed E-state index contributed by atoms with van der Waals surface area (Å²) in [4.78, 5) is 43.8. The summed E-state index contributed by atoms with van der Waals surface area (Å²) < 4.78 is 6.81. The molecule has 2 bridgehead atoms. The van der Waals surface area contributed by atoms with E-state index in [2.05, 4.69) is 10.6 Å². The number of rotatable bonds is 7. The molecule has 0 aliphatic carbocycles. The Hall–Kier alpha value is -3.23. The predicted octanol–water partition coefficient (Wildman–Crippen LogP) is 3.43. The molecule has 3 amide bonds. The molecule has 3 aliphatic heterocycles. The molecular weight excluding hydrogens is 482 g/mol. The highest BCUT2D eigenvalue weighted by atomic mass is 16.5. The molecule has 3 heterocycles. The minimum Gasteiger partial charge on any atom is -0.394 e. The second-order valence-electron chi connectivity index (χ2n) is 11.8. The average Bonchev–Trinajstić information content (AvgIpc) is 3.49. The number of hydrogen-bond acceptors (Lipinski definition) is 5. The smallest absolute Gasteiger partial charge is 0.246 e. The van der Waals surface area contributed by atoms with Crippen LogP contribution in [0.1, 0.15) is 58.6 Å². The molecule has 38 heavy (non-hydrogen) atoms. The van der Waals surface area contributed by atoms with Gasteiger partial charge in [-0.15, -0.1) is 0 Å². The molecule has 0 aromatic heterocycles. The van der Waals surface area contributed by atoms with Crippen molar-refractivity contribution in [2.24, 2.45) is 11.8 Å². The van der Waals surface area contributed by atoms with Gasteiger partial charge in [0.2, 0.25) is 17.7 Å². The van der Waals surface area contributed by atoms with Gasteiger partial charge in [0, 0.05) is 11.2 Å². The number of fused-ring (bicyclic) bond motifs is 1. The van der Waals surface area contributed by atoms with Crippen molar-refractivity contribution < 1.29 is 24.2 Å². The Bertz CT molecular complexity index is 1210. The van der Waals surface area contributed by atoms with Gasteiger partial charge < -0.3 is 25.4 Å². The minimum absolute atomic E-state index is 0.282. The number of amides is 3. The van der Waals surface area contributed by atoms with Gasteiger partial charge in [0.15, 0.2) is 0 Å². The maximum atomic E-state index is 14.4. The Labute approximate surface area is 223 Å². The second-order valence-corrected chi connectivity index (χ2v) is 11.8. The highest BCUT2D eigenvalue weighted by Gasteiger charge is 2.79. The number of carbonyl (C=O) groups is 3. The molecule has 6 atom stereocenters. The van der Waals surface area contributed by atoms with Crippen molar-refractivity contribution in [1.29, 1.82) is 0 Å². The third-order valence-corrected chi connectivity index (χ3v) is 8.38. The van der Waals surface area contributed by atoms with Gasteiger partial charge in [-0.2, -0.15) is 0 Å².